The zero-order valence-corrected chi connectivity index (χ0v) is 16.6. The predicted octanol–water partition coefficient (Wildman–Crippen LogP) is 3.46. The Morgan fingerprint density at radius 1 is 1.07 bits per heavy atom. The Kier molecular flexibility index (Phi) is 6.17. The summed E-state index contributed by atoms with van der Waals surface area (Å²) in [5, 5.41) is 3.13. The number of ether oxygens (including phenoxy) is 1. The minimum absolute atomic E-state index is 0.00266. The van der Waals surface area contributed by atoms with Gasteiger partial charge in [-0.05, 0) is 69.6 Å². The molecule has 0 aliphatic carbocycles. The van der Waals surface area contributed by atoms with Crippen molar-refractivity contribution >= 4 is 5.91 Å². The van der Waals surface area contributed by atoms with Crippen LogP contribution in [0.4, 0.5) is 0 Å². The lowest BCUT2D eigenvalue weighted by Crippen LogP contribution is -2.48. The smallest absolute Gasteiger partial charge is 0.257 e. The molecule has 4 nitrogen and oxygen atoms in total. The Balaban J connectivity index is 1.62. The van der Waals surface area contributed by atoms with E-state index in [0.29, 0.717) is 6.54 Å². The first-order valence-corrected chi connectivity index (χ1v) is 9.70. The summed E-state index contributed by atoms with van der Waals surface area (Å²) in [6, 6.07) is 16.5. The summed E-state index contributed by atoms with van der Waals surface area (Å²) in [4.78, 5) is 14.8. The number of rotatable bonds is 6. The van der Waals surface area contributed by atoms with Gasteiger partial charge in [0.25, 0.3) is 5.91 Å². The van der Waals surface area contributed by atoms with E-state index in [1.807, 2.05) is 38.1 Å². The lowest BCUT2D eigenvalue weighted by Gasteiger charge is -2.41. The van der Waals surface area contributed by atoms with E-state index in [2.05, 4.69) is 41.5 Å². The molecule has 1 fully saturated rings. The number of likely N-dealkylation sites (tertiary alicyclic amines) is 1. The average molecular weight is 367 g/mol. The molecule has 0 unspecified atom stereocenters. The maximum Gasteiger partial charge on any atom is 0.257 e. The van der Waals surface area contributed by atoms with E-state index in [4.69, 9.17) is 4.74 Å². The lowest BCUT2D eigenvalue weighted by molar-refractivity contribution is -0.123. The summed E-state index contributed by atoms with van der Waals surface area (Å²) >= 11 is 0. The maximum absolute atomic E-state index is 12.4. The predicted molar refractivity (Wildman–Crippen MR) is 109 cm³/mol. The molecule has 144 valence electrons. The number of benzene rings is 2. The van der Waals surface area contributed by atoms with Gasteiger partial charge in [-0.3, -0.25) is 4.79 Å². The van der Waals surface area contributed by atoms with E-state index in [9.17, 15) is 4.79 Å². The van der Waals surface area contributed by atoms with Crippen molar-refractivity contribution in [1.82, 2.24) is 10.2 Å². The standard InChI is InChI=1S/C23H30N2O2/c1-18-8-7-11-21(19(18)2)27-16-22(26)24-17-23(12-14-25(3)15-13-23)20-9-5-4-6-10-20/h4-11H,12-17H2,1-3H3,(H,24,26). The number of amides is 1. The molecular formula is C23H30N2O2. The first kappa shape index (κ1) is 19.4. The number of nitrogens with one attached hydrogen (secondary N) is 1. The van der Waals surface area contributed by atoms with E-state index < -0.39 is 0 Å². The monoisotopic (exact) mass is 366 g/mol. The number of hydrogen-bond acceptors (Lipinski definition) is 3. The SMILES string of the molecule is Cc1cccc(OCC(=O)NCC2(c3ccccc3)CCN(C)CC2)c1C. The van der Waals surface area contributed by atoms with Gasteiger partial charge in [0.1, 0.15) is 5.75 Å². The van der Waals surface area contributed by atoms with Crippen molar-refractivity contribution in [2.24, 2.45) is 0 Å². The van der Waals surface area contributed by atoms with Crippen molar-refractivity contribution in [2.45, 2.75) is 32.1 Å². The normalized spacial score (nSPS) is 16.7. The van der Waals surface area contributed by atoms with Crippen molar-refractivity contribution in [1.29, 1.82) is 0 Å². The molecule has 0 atom stereocenters. The molecule has 27 heavy (non-hydrogen) atoms. The second-order valence-corrected chi connectivity index (χ2v) is 7.71. The van der Waals surface area contributed by atoms with Gasteiger partial charge in [0.15, 0.2) is 6.61 Å². The van der Waals surface area contributed by atoms with Gasteiger partial charge in [-0.2, -0.15) is 0 Å². The Labute approximate surface area is 162 Å². The third-order valence-corrected chi connectivity index (χ3v) is 5.87. The fraction of sp³-hybridized carbons (Fsp3) is 0.435. The highest BCUT2D eigenvalue weighted by Gasteiger charge is 2.35. The molecule has 0 spiro atoms. The van der Waals surface area contributed by atoms with Crippen molar-refractivity contribution in [3.05, 3.63) is 65.2 Å². The molecule has 2 aromatic carbocycles. The summed E-state index contributed by atoms with van der Waals surface area (Å²) in [6.45, 7) is 6.86. The molecular weight excluding hydrogens is 336 g/mol. The van der Waals surface area contributed by atoms with Gasteiger partial charge in [-0.25, -0.2) is 0 Å². The summed E-state index contributed by atoms with van der Waals surface area (Å²) < 4.78 is 5.75. The van der Waals surface area contributed by atoms with E-state index in [1.165, 1.54) is 11.1 Å². The number of aryl methyl sites for hydroxylation is 1. The van der Waals surface area contributed by atoms with Gasteiger partial charge in [0.05, 0.1) is 0 Å². The van der Waals surface area contributed by atoms with Gasteiger partial charge in [-0.1, -0.05) is 42.5 Å². The van der Waals surface area contributed by atoms with E-state index in [0.717, 1.165) is 37.2 Å². The maximum atomic E-state index is 12.4. The third kappa shape index (κ3) is 4.69. The van der Waals surface area contributed by atoms with Gasteiger partial charge >= 0.3 is 0 Å². The minimum atomic E-state index is -0.0647. The highest BCUT2D eigenvalue weighted by atomic mass is 16.5. The fourth-order valence-corrected chi connectivity index (χ4v) is 3.75. The largest absolute Gasteiger partial charge is 0.483 e. The highest BCUT2D eigenvalue weighted by Crippen LogP contribution is 2.34. The molecule has 1 aliphatic heterocycles. The van der Waals surface area contributed by atoms with Crippen LogP contribution in [0.15, 0.2) is 48.5 Å². The second-order valence-electron chi connectivity index (χ2n) is 7.71. The van der Waals surface area contributed by atoms with Crippen LogP contribution in [0.3, 0.4) is 0 Å². The molecule has 1 heterocycles. The van der Waals surface area contributed by atoms with Crippen LogP contribution < -0.4 is 10.1 Å². The Morgan fingerprint density at radius 3 is 2.48 bits per heavy atom. The van der Waals surface area contributed by atoms with Gasteiger partial charge in [0.2, 0.25) is 0 Å². The summed E-state index contributed by atoms with van der Waals surface area (Å²) in [5.41, 5.74) is 3.57. The van der Waals surface area contributed by atoms with Crippen molar-refractivity contribution in [3.63, 3.8) is 0 Å². The molecule has 4 heteroatoms. The van der Waals surface area contributed by atoms with Crippen molar-refractivity contribution in [2.75, 3.05) is 33.3 Å². The summed E-state index contributed by atoms with van der Waals surface area (Å²) in [5.74, 6) is 0.715. The number of hydrogen-bond donors (Lipinski definition) is 1. The molecule has 3 rings (SSSR count). The zero-order chi connectivity index (χ0) is 19.3. The Bertz CT molecular complexity index is 765. The van der Waals surface area contributed by atoms with Crippen LogP contribution in [0, 0.1) is 13.8 Å². The van der Waals surface area contributed by atoms with Crippen LogP contribution in [-0.2, 0) is 10.2 Å². The number of nitrogens with zero attached hydrogens (tertiary/aromatic N) is 1. The van der Waals surface area contributed by atoms with Crippen LogP contribution in [0.5, 0.6) is 5.75 Å². The van der Waals surface area contributed by atoms with Crippen LogP contribution in [0.25, 0.3) is 0 Å². The molecule has 0 radical (unpaired) electrons. The Hall–Kier alpha value is -2.33. The van der Waals surface area contributed by atoms with Crippen LogP contribution >= 0.6 is 0 Å². The van der Waals surface area contributed by atoms with Gasteiger partial charge < -0.3 is 15.0 Å². The van der Waals surface area contributed by atoms with Crippen LogP contribution in [0.2, 0.25) is 0 Å². The van der Waals surface area contributed by atoms with Crippen LogP contribution in [-0.4, -0.2) is 44.1 Å². The molecule has 0 saturated carbocycles. The molecule has 1 amide bonds. The second kappa shape index (κ2) is 8.57. The van der Waals surface area contributed by atoms with Crippen molar-refractivity contribution in [3.8, 4) is 5.75 Å². The molecule has 2 aromatic rings. The summed E-state index contributed by atoms with van der Waals surface area (Å²) in [7, 11) is 2.16. The molecule has 1 aliphatic rings. The van der Waals surface area contributed by atoms with E-state index >= 15 is 0 Å². The molecule has 0 aromatic heterocycles. The molecule has 1 N–H and O–H groups in total. The quantitative estimate of drug-likeness (QED) is 0.851. The van der Waals surface area contributed by atoms with E-state index in [1.54, 1.807) is 0 Å². The number of carbonyl (C=O) groups is 1. The van der Waals surface area contributed by atoms with Gasteiger partial charge in [-0.15, -0.1) is 0 Å². The van der Waals surface area contributed by atoms with E-state index in [-0.39, 0.29) is 17.9 Å². The fourth-order valence-electron chi connectivity index (χ4n) is 3.75. The lowest BCUT2D eigenvalue weighted by atomic mass is 9.72. The molecule has 1 saturated heterocycles. The Morgan fingerprint density at radius 2 is 1.78 bits per heavy atom. The molecule has 0 bridgehead atoms. The summed E-state index contributed by atoms with van der Waals surface area (Å²) in [6.07, 6.45) is 2.09. The zero-order valence-electron chi connectivity index (χ0n) is 16.6. The minimum Gasteiger partial charge on any atom is -0.483 e. The van der Waals surface area contributed by atoms with Crippen LogP contribution in [0.1, 0.15) is 29.5 Å². The number of carbonyl (C=O) groups excluding carboxylic acids is 1. The third-order valence-electron chi connectivity index (χ3n) is 5.87. The first-order chi connectivity index (χ1) is 13.0. The first-order valence-electron chi connectivity index (χ1n) is 9.70. The average Bonchev–Trinajstić information content (AvgIpc) is 2.69. The van der Waals surface area contributed by atoms with Crippen molar-refractivity contribution < 1.29 is 9.53 Å². The highest BCUT2D eigenvalue weighted by molar-refractivity contribution is 5.77. The van der Waals surface area contributed by atoms with Gasteiger partial charge in [0, 0.05) is 12.0 Å². The number of piperidine rings is 1. The topological polar surface area (TPSA) is 41.6 Å².